The molecule has 2 aliphatic heterocycles. The summed E-state index contributed by atoms with van der Waals surface area (Å²) in [4.78, 5) is 29.3. The number of hydrogen-bond donors (Lipinski definition) is 1. The zero-order chi connectivity index (χ0) is 18.8. The van der Waals surface area contributed by atoms with E-state index < -0.39 is 0 Å². The third kappa shape index (κ3) is 4.29. The van der Waals surface area contributed by atoms with Crippen molar-refractivity contribution < 1.29 is 18.7 Å². The number of methoxy groups -OCH3 is 1. The first-order chi connectivity index (χ1) is 13.1. The topological polar surface area (TPSA) is 75.0 Å². The van der Waals surface area contributed by atoms with Crippen LogP contribution in [0.2, 0.25) is 0 Å². The van der Waals surface area contributed by atoms with Crippen molar-refractivity contribution in [3.05, 3.63) is 17.9 Å². The van der Waals surface area contributed by atoms with Gasteiger partial charge < -0.3 is 19.4 Å². The SMILES string of the molecule is COc1ccc(C(=O)N2CCC(N3CCC[C@@H](C(=O)NC4CC4)C3)CC2)o1. The molecule has 3 fully saturated rings. The molecule has 0 bridgehead atoms. The van der Waals surface area contributed by atoms with Gasteiger partial charge in [0.1, 0.15) is 0 Å². The third-order valence-electron chi connectivity index (χ3n) is 6.01. The van der Waals surface area contributed by atoms with Gasteiger partial charge in [-0.15, -0.1) is 0 Å². The lowest BCUT2D eigenvalue weighted by molar-refractivity contribution is -0.127. The van der Waals surface area contributed by atoms with E-state index in [0.717, 1.165) is 64.7 Å². The second kappa shape index (κ2) is 7.92. The minimum absolute atomic E-state index is 0.0721. The van der Waals surface area contributed by atoms with Crippen molar-refractivity contribution >= 4 is 11.8 Å². The Morgan fingerprint density at radius 1 is 1.11 bits per heavy atom. The average molecular weight is 375 g/mol. The number of hydrogen-bond acceptors (Lipinski definition) is 5. The van der Waals surface area contributed by atoms with Crippen LogP contribution >= 0.6 is 0 Å². The van der Waals surface area contributed by atoms with Gasteiger partial charge in [0.25, 0.3) is 11.9 Å². The zero-order valence-electron chi connectivity index (χ0n) is 16.0. The van der Waals surface area contributed by atoms with E-state index in [1.807, 2.05) is 4.90 Å². The van der Waals surface area contributed by atoms with Crippen LogP contribution in [0.15, 0.2) is 16.5 Å². The molecule has 0 unspecified atom stereocenters. The van der Waals surface area contributed by atoms with E-state index in [1.165, 1.54) is 7.11 Å². The van der Waals surface area contributed by atoms with Gasteiger partial charge >= 0.3 is 0 Å². The van der Waals surface area contributed by atoms with Gasteiger partial charge in [0.2, 0.25) is 5.91 Å². The summed E-state index contributed by atoms with van der Waals surface area (Å²) in [6.07, 6.45) is 6.23. The molecule has 3 heterocycles. The van der Waals surface area contributed by atoms with E-state index in [1.54, 1.807) is 12.1 Å². The lowest BCUT2D eigenvalue weighted by Gasteiger charge is -2.41. The fourth-order valence-corrected chi connectivity index (χ4v) is 4.23. The molecule has 4 rings (SSSR count). The summed E-state index contributed by atoms with van der Waals surface area (Å²) in [6, 6.07) is 4.22. The van der Waals surface area contributed by atoms with Crippen LogP contribution in [-0.2, 0) is 4.79 Å². The van der Waals surface area contributed by atoms with Gasteiger partial charge in [0, 0.05) is 37.8 Å². The Morgan fingerprint density at radius 2 is 1.89 bits per heavy atom. The molecule has 0 spiro atoms. The zero-order valence-corrected chi connectivity index (χ0v) is 16.0. The molecule has 1 aromatic heterocycles. The molecular formula is C20H29N3O4. The predicted molar refractivity (Wildman–Crippen MR) is 99.6 cm³/mol. The van der Waals surface area contributed by atoms with E-state index in [2.05, 4.69) is 10.2 Å². The van der Waals surface area contributed by atoms with E-state index in [0.29, 0.717) is 23.8 Å². The van der Waals surface area contributed by atoms with Crippen LogP contribution in [0.5, 0.6) is 5.95 Å². The fourth-order valence-electron chi connectivity index (χ4n) is 4.23. The summed E-state index contributed by atoms with van der Waals surface area (Å²) in [6.45, 7) is 3.36. The van der Waals surface area contributed by atoms with Crippen LogP contribution in [0.4, 0.5) is 0 Å². The minimum Gasteiger partial charge on any atom is -0.468 e. The van der Waals surface area contributed by atoms with Gasteiger partial charge in [-0.2, -0.15) is 0 Å². The molecule has 148 valence electrons. The van der Waals surface area contributed by atoms with Gasteiger partial charge in [-0.3, -0.25) is 14.5 Å². The molecule has 1 saturated carbocycles. The molecule has 7 heteroatoms. The number of piperidine rings is 2. The van der Waals surface area contributed by atoms with Crippen LogP contribution in [0.25, 0.3) is 0 Å². The summed E-state index contributed by atoms with van der Waals surface area (Å²) in [5, 5.41) is 3.15. The number of carbonyl (C=O) groups is 2. The van der Waals surface area contributed by atoms with Gasteiger partial charge in [0.05, 0.1) is 13.0 Å². The monoisotopic (exact) mass is 375 g/mol. The average Bonchev–Trinajstić information content (AvgIpc) is 3.40. The minimum atomic E-state index is -0.0721. The number of nitrogens with one attached hydrogen (secondary N) is 1. The second-order valence-corrected chi connectivity index (χ2v) is 7.96. The van der Waals surface area contributed by atoms with Gasteiger partial charge in [-0.05, 0) is 51.1 Å². The van der Waals surface area contributed by atoms with Crippen LogP contribution < -0.4 is 10.1 Å². The van der Waals surface area contributed by atoms with Crippen molar-refractivity contribution in [3.8, 4) is 5.95 Å². The Morgan fingerprint density at radius 3 is 2.56 bits per heavy atom. The second-order valence-electron chi connectivity index (χ2n) is 7.96. The molecule has 7 nitrogen and oxygen atoms in total. The van der Waals surface area contributed by atoms with Crippen LogP contribution in [0.1, 0.15) is 49.1 Å². The molecule has 2 saturated heterocycles. The maximum atomic E-state index is 12.6. The van der Waals surface area contributed by atoms with Crippen molar-refractivity contribution in [1.82, 2.24) is 15.1 Å². The van der Waals surface area contributed by atoms with Crippen molar-refractivity contribution in [1.29, 1.82) is 0 Å². The third-order valence-corrected chi connectivity index (χ3v) is 6.01. The van der Waals surface area contributed by atoms with Crippen LogP contribution in [-0.4, -0.2) is 67.0 Å². The fraction of sp³-hybridized carbons (Fsp3) is 0.700. The molecular weight excluding hydrogens is 346 g/mol. The number of ether oxygens (including phenoxy) is 1. The lowest BCUT2D eigenvalue weighted by atomic mass is 9.93. The molecule has 2 amide bonds. The highest BCUT2D eigenvalue weighted by Crippen LogP contribution is 2.27. The molecule has 1 aromatic rings. The number of amides is 2. The Hall–Kier alpha value is -2.02. The predicted octanol–water partition coefficient (Wildman–Crippen LogP) is 1.88. The highest BCUT2D eigenvalue weighted by molar-refractivity contribution is 5.91. The molecule has 3 aliphatic rings. The summed E-state index contributed by atoms with van der Waals surface area (Å²) >= 11 is 0. The maximum absolute atomic E-state index is 12.6. The quantitative estimate of drug-likeness (QED) is 0.851. The molecule has 1 N–H and O–H groups in total. The number of furan rings is 1. The van der Waals surface area contributed by atoms with Crippen molar-refractivity contribution in [3.63, 3.8) is 0 Å². The molecule has 0 aromatic carbocycles. The summed E-state index contributed by atoms with van der Waals surface area (Å²) in [5.74, 6) is 0.977. The Labute approximate surface area is 160 Å². The smallest absolute Gasteiger partial charge is 0.289 e. The molecule has 1 aliphatic carbocycles. The van der Waals surface area contributed by atoms with Crippen molar-refractivity contribution in [2.24, 2.45) is 5.92 Å². The van der Waals surface area contributed by atoms with Crippen molar-refractivity contribution in [2.75, 3.05) is 33.3 Å². The van der Waals surface area contributed by atoms with E-state index in [9.17, 15) is 9.59 Å². The first kappa shape index (κ1) is 18.3. The lowest BCUT2D eigenvalue weighted by Crippen LogP contribution is -2.51. The van der Waals surface area contributed by atoms with E-state index in [-0.39, 0.29) is 17.7 Å². The first-order valence-electron chi connectivity index (χ1n) is 10.1. The van der Waals surface area contributed by atoms with Gasteiger partial charge in [-0.1, -0.05) is 0 Å². The summed E-state index contributed by atoms with van der Waals surface area (Å²) < 4.78 is 10.4. The standard InChI is InChI=1S/C20H29N3O4/c1-26-18-7-6-17(27-18)20(25)22-11-8-16(9-12-22)23-10-2-3-14(13-23)19(24)21-15-4-5-15/h6-7,14-16H,2-5,8-13H2,1H3,(H,21,24)/t14-/m1/s1. The van der Waals surface area contributed by atoms with Crippen LogP contribution in [0, 0.1) is 5.92 Å². The van der Waals surface area contributed by atoms with E-state index in [4.69, 9.17) is 9.15 Å². The Kier molecular flexibility index (Phi) is 5.38. The van der Waals surface area contributed by atoms with Gasteiger partial charge in [-0.25, -0.2) is 0 Å². The Bertz CT molecular complexity index is 677. The van der Waals surface area contributed by atoms with E-state index >= 15 is 0 Å². The largest absolute Gasteiger partial charge is 0.468 e. The first-order valence-corrected chi connectivity index (χ1v) is 10.1. The summed E-state index contributed by atoms with van der Waals surface area (Å²) in [5.41, 5.74) is 0. The molecule has 1 atom stereocenters. The summed E-state index contributed by atoms with van der Waals surface area (Å²) in [7, 11) is 1.52. The van der Waals surface area contributed by atoms with Crippen LogP contribution in [0.3, 0.4) is 0 Å². The number of rotatable bonds is 5. The highest BCUT2D eigenvalue weighted by Gasteiger charge is 2.34. The van der Waals surface area contributed by atoms with Crippen molar-refractivity contribution in [2.45, 2.75) is 50.6 Å². The number of carbonyl (C=O) groups excluding carboxylic acids is 2. The molecule has 27 heavy (non-hydrogen) atoms. The highest BCUT2D eigenvalue weighted by atomic mass is 16.6. The number of nitrogens with zero attached hydrogens (tertiary/aromatic N) is 2. The van der Waals surface area contributed by atoms with Gasteiger partial charge in [0.15, 0.2) is 5.76 Å². The maximum Gasteiger partial charge on any atom is 0.289 e. The molecule has 0 radical (unpaired) electrons. The Balaban J connectivity index is 1.28. The number of likely N-dealkylation sites (tertiary alicyclic amines) is 2. The normalized spacial score (nSPS) is 24.6.